The van der Waals surface area contributed by atoms with Gasteiger partial charge in [-0.1, -0.05) is 13.8 Å². The van der Waals surface area contributed by atoms with Crippen LogP contribution in [0.15, 0.2) is 18.5 Å². The molecule has 6 nitrogen and oxygen atoms in total. The van der Waals surface area contributed by atoms with Gasteiger partial charge in [0.1, 0.15) is 17.4 Å². The van der Waals surface area contributed by atoms with Crippen molar-refractivity contribution in [1.29, 1.82) is 0 Å². The molecule has 0 atom stereocenters. The van der Waals surface area contributed by atoms with Crippen molar-refractivity contribution >= 4 is 11.6 Å². The Morgan fingerprint density at radius 3 is 2.39 bits per heavy atom. The van der Waals surface area contributed by atoms with E-state index in [9.17, 15) is 0 Å². The van der Waals surface area contributed by atoms with E-state index in [0.717, 1.165) is 30.2 Å². The van der Waals surface area contributed by atoms with Crippen molar-refractivity contribution in [3.8, 4) is 11.5 Å². The van der Waals surface area contributed by atoms with Crippen molar-refractivity contribution in [2.75, 3.05) is 23.7 Å². The van der Waals surface area contributed by atoms with Gasteiger partial charge in [-0.3, -0.25) is 0 Å². The second kappa shape index (κ2) is 7.26. The minimum Gasteiger partial charge on any atom is -0.451 e. The summed E-state index contributed by atoms with van der Waals surface area (Å²) in [4.78, 5) is 15.0. The first kappa shape index (κ1) is 17.0. The molecule has 0 spiro atoms. The van der Waals surface area contributed by atoms with E-state index in [-0.39, 0.29) is 5.92 Å². The summed E-state index contributed by atoms with van der Waals surface area (Å²) in [5, 5.41) is 0. The summed E-state index contributed by atoms with van der Waals surface area (Å²) >= 11 is 0. The van der Waals surface area contributed by atoms with Crippen molar-refractivity contribution in [2.45, 2.75) is 40.5 Å². The molecular weight excluding hydrogens is 290 g/mol. The van der Waals surface area contributed by atoms with E-state index in [4.69, 9.17) is 10.5 Å². The maximum absolute atomic E-state index is 6.02. The summed E-state index contributed by atoms with van der Waals surface area (Å²) in [5.74, 6) is 3.35. The molecule has 2 aromatic rings. The average molecular weight is 315 g/mol. The van der Waals surface area contributed by atoms with Crippen LogP contribution >= 0.6 is 0 Å². The molecule has 0 fully saturated rings. The fourth-order valence-electron chi connectivity index (χ4n) is 2.35. The van der Waals surface area contributed by atoms with Crippen LogP contribution in [0, 0.1) is 6.92 Å². The minimum absolute atomic E-state index is 0.288. The number of nitrogen functional groups attached to an aromatic ring is 1. The quantitative estimate of drug-likeness (QED) is 0.878. The first-order valence-electron chi connectivity index (χ1n) is 7.98. The number of aromatic nitrogens is 3. The highest BCUT2D eigenvalue weighted by Gasteiger charge is 2.15. The lowest BCUT2D eigenvalue weighted by molar-refractivity contribution is 0.469. The van der Waals surface area contributed by atoms with Crippen LogP contribution in [0.4, 0.5) is 11.6 Å². The Hall–Kier alpha value is -2.37. The monoisotopic (exact) mass is 315 g/mol. The van der Waals surface area contributed by atoms with Gasteiger partial charge in [-0.05, 0) is 26.7 Å². The van der Waals surface area contributed by atoms with Gasteiger partial charge in [-0.25, -0.2) is 15.0 Å². The standard InChI is InChI=1S/C17H25N5O/c1-6-22(7-2)16-8-14(13(9-20-16)11(3)4)23-15-10-19-12(5)21-17(15)18/h8-11H,6-7H2,1-5H3,(H2,18,19,21). The molecule has 0 unspecified atom stereocenters. The van der Waals surface area contributed by atoms with Crippen LogP contribution in [0.3, 0.4) is 0 Å². The molecular formula is C17H25N5O. The topological polar surface area (TPSA) is 77.2 Å². The van der Waals surface area contributed by atoms with Crippen LogP contribution in [0.5, 0.6) is 11.5 Å². The third-order valence-corrected chi connectivity index (χ3v) is 3.71. The number of pyridine rings is 1. The molecule has 0 aliphatic carbocycles. The van der Waals surface area contributed by atoms with Gasteiger partial charge in [-0.15, -0.1) is 0 Å². The van der Waals surface area contributed by atoms with E-state index in [1.54, 1.807) is 13.1 Å². The number of nitrogens with two attached hydrogens (primary N) is 1. The fourth-order valence-corrected chi connectivity index (χ4v) is 2.35. The second-order valence-electron chi connectivity index (χ2n) is 5.68. The molecule has 6 heteroatoms. The summed E-state index contributed by atoms with van der Waals surface area (Å²) in [6.45, 7) is 12.0. The number of aryl methyl sites for hydroxylation is 1. The van der Waals surface area contributed by atoms with Gasteiger partial charge in [0.25, 0.3) is 0 Å². The van der Waals surface area contributed by atoms with Crippen molar-refractivity contribution in [2.24, 2.45) is 0 Å². The SMILES string of the molecule is CCN(CC)c1cc(Oc2cnc(C)nc2N)c(C(C)C)cn1. The maximum atomic E-state index is 6.02. The van der Waals surface area contributed by atoms with Crippen LogP contribution in [0.25, 0.3) is 0 Å². The highest BCUT2D eigenvalue weighted by Crippen LogP contribution is 2.34. The first-order valence-corrected chi connectivity index (χ1v) is 7.98. The molecule has 0 saturated heterocycles. The zero-order valence-electron chi connectivity index (χ0n) is 14.5. The second-order valence-corrected chi connectivity index (χ2v) is 5.68. The van der Waals surface area contributed by atoms with E-state index >= 15 is 0 Å². The predicted octanol–water partition coefficient (Wildman–Crippen LogP) is 3.52. The Morgan fingerprint density at radius 2 is 1.83 bits per heavy atom. The average Bonchev–Trinajstić information content (AvgIpc) is 2.51. The molecule has 2 rings (SSSR count). The molecule has 0 aliphatic rings. The Balaban J connectivity index is 2.43. The van der Waals surface area contributed by atoms with Gasteiger partial charge in [0.15, 0.2) is 11.6 Å². The molecule has 0 bridgehead atoms. The van der Waals surface area contributed by atoms with Gasteiger partial charge in [0, 0.05) is 30.9 Å². The number of hydrogen-bond donors (Lipinski definition) is 1. The highest BCUT2D eigenvalue weighted by atomic mass is 16.5. The molecule has 23 heavy (non-hydrogen) atoms. The van der Waals surface area contributed by atoms with Crippen molar-refractivity contribution in [3.05, 3.63) is 29.8 Å². The molecule has 0 aliphatic heterocycles. The number of hydrogen-bond acceptors (Lipinski definition) is 6. The zero-order chi connectivity index (χ0) is 17.0. The summed E-state index contributed by atoms with van der Waals surface area (Å²) < 4.78 is 6.02. The number of anilines is 2. The third-order valence-electron chi connectivity index (χ3n) is 3.71. The van der Waals surface area contributed by atoms with Gasteiger partial charge < -0.3 is 15.4 Å². The lowest BCUT2D eigenvalue weighted by atomic mass is 10.0. The Labute approximate surface area is 137 Å². The van der Waals surface area contributed by atoms with Crippen molar-refractivity contribution in [3.63, 3.8) is 0 Å². The van der Waals surface area contributed by atoms with E-state index in [0.29, 0.717) is 17.4 Å². The van der Waals surface area contributed by atoms with Crippen LogP contribution in [-0.4, -0.2) is 28.0 Å². The van der Waals surface area contributed by atoms with Crippen molar-refractivity contribution in [1.82, 2.24) is 15.0 Å². The molecule has 0 radical (unpaired) electrons. The summed E-state index contributed by atoms with van der Waals surface area (Å²) in [6.07, 6.45) is 3.48. The number of ether oxygens (including phenoxy) is 1. The van der Waals surface area contributed by atoms with Crippen LogP contribution in [-0.2, 0) is 0 Å². The van der Waals surface area contributed by atoms with E-state index in [2.05, 4.69) is 47.5 Å². The molecule has 2 heterocycles. The number of rotatable bonds is 6. The van der Waals surface area contributed by atoms with Crippen LogP contribution in [0.1, 0.15) is 45.0 Å². The highest BCUT2D eigenvalue weighted by molar-refractivity contribution is 5.52. The number of nitrogens with zero attached hydrogens (tertiary/aromatic N) is 4. The fraction of sp³-hybridized carbons (Fsp3) is 0.471. The van der Waals surface area contributed by atoms with E-state index in [1.807, 2.05) is 12.3 Å². The molecule has 124 valence electrons. The van der Waals surface area contributed by atoms with Crippen molar-refractivity contribution < 1.29 is 4.74 Å². The maximum Gasteiger partial charge on any atom is 0.187 e. The zero-order valence-corrected chi connectivity index (χ0v) is 14.5. The molecule has 0 amide bonds. The Bertz CT molecular complexity index is 668. The Kier molecular flexibility index (Phi) is 5.36. The molecule has 2 N–H and O–H groups in total. The molecule has 0 aromatic carbocycles. The van der Waals surface area contributed by atoms with Gasteiger partial charge in [0.2, 0.25) is 0 Å². The van der Waals surface area contributed by atoms with Gasteiger partial charge >= 0.3 is 0 Å². The largest absolute Gasteiger partial charge is 0.451 e. The van der Waals surface area contributed by atoms with Crippen LogP contribution in [0.2, 0.25) is 0 Å². The lowest BCUT2D eigenvalue weighted by Crippen LogP contribution is -2.23. The smallest absolute Gasteiger partial charge is 0.187 e. The van der Waals surface area contributed by atoms with E-state index < -0.39 is 0 Å². The van der Waals surface area contributed by atoms with E-state index in [1.165, 1.54) is 0 Å². The summed E-state index contributed by atoms with van der Waals surface area (Å²) in [6, 6.07) is 1.96. The first-order chi connectivity index (χ1) is 11.0. The van der Waals surface area contributed by atoms with Gasteiger partial charge in [0.05, 0.1) is 6.20 Å². The molecule has 2 aromatic heterocycles. The minimum atomic E-state index is 0.288. The van der Waals surface area contributed by atoms with Crippen LogP contribution < -0.4 is 15.4 Å². The summed E-state index contributed by atoms with van der Waals surface area (Å²) in [5.41, 5.74) is 6.97. The Morgan fingerprint density at radius 1 is 1.13 bits per heavy atom. The summed E-state index contributed by atoms with van der Waals surface area (Å²) in [7, 11) is 0. The normalized spacial score (nSPS) is 10.9. The lowest BCUT2D eigenvalue weighted by Gasteiger charge is -2.22. The molecule has 0 saturated carbocycles. The predicted molar refractivity (Wildman–Crippen MR) is 93.1 cm³/mol. The third kappa shape index (κ3) is 3.88. The van der Waals surface area contributed by atoms with Gasteiger partial charge in [-0.2, -0.15) is 0 Å².